The van der Waals surface area contributed by atoms with E-state index in [1.807, 2.05) is 75.4 Å². The lowest BCUT2D eigenvalue weighted by Gasteiger charge is -2.19. The number of nitrogens with one attached hydrogen (secondary N) is 1. The average Bonchev–Trinajstić information content (AvgIpc) is 2.72. The zero-order valence-corrected chi connectivity index (χ0v) is 18.3. The van der Waals surface area contributed by atoms with E-state index in [0.29, 0.717) is 17.9 Å². The first kappa shape index (κ1) is 22.3. The molecule has 0 saturated carbocycles. The summed E-state index contributed by atoms with van der Waals surface area (Å²) in [6.45, 7) is 6.08. The number of carbonyl (C=O) groups is 2. The van der Waals surface area contributed by atoms with E-state index >= 15 is 0 Å². The van der Waals surface area contributed by atoms with Gasteiger partial charge in [0, 0.05) is 6.54 Å². The van der Waals surface area contributed by atoms with E-state index in [1.54, 1.807) is 12.1 Å². The van der Waals surface area contributed by atoms with Crippen molar-refractivity contribution in [2.24, 2.45) is 0 Å². The number of rotatable bonds is 7. The van der Waals surface area contributed by atoms with E-state index in [0.717, 1.165) is 35.6 Å². The molecule has 1 N–H and O–H groups in total. The lowest BCUT2D eigenvalue weighted by molar-refractivity contribution is 0.0526. The highest BCUT2D eigenvalue weighted by Crippen LogP contribution is 2.22. The summed E-state index contributed by atoms with van der Waals surface area (Å²) in [5.74, 6) is 0.165. The van der Waals surface area contributed by atoms with Gasteiger partial charge in [-0.3, -0.25) is 0 Å². The van der Waals surface area contributed by atoms with Crippen molar-refractivity contribution in [2.75, 3.05) is 6.54 Å². The maximum Gasteiger partial charge on any atom is 0.407 e. The second-order valence-electron chi connectivity index (χ2n) is 8.45. The molecule has 0 unspecified atom stereocenters. The van der Waals surface area contributed by atoms with E-state index in [1.165, 1.54) is 0 Å². The molecule has 0 heterocycles. The molecule has 0 spiro atoms. The Hall–Kier alpha value is -3.34. The molecule has 5 nitrogen and oxygen atoms in total. The predicted molar refractivity (Wildman–Crippen MR) is 123 cm³/mol. The van der Waals surface area contributed by atoms with Crippen LogP contribution in [0.25, 0.3) is 10.8 Å². The molecule has 0 aliphatic heterocycles. The van der Waals surface area contributed by atoms with Crippen LogP contribution in [0.4, 0.5) is 4.79 Å². The molecule has 162 valence electrons. The molecule has 5 heteroatoms. The minimum atomic E-state index is -0.492. The van der Waals surface area contributed by atoms with Gasteiger partial charge in [0.15, 0.2) is 0 Å². The van der Waals surface area contributed by atoms with Gasteiger partial charge in [0.1, 0.15) is 11.4 Å². The van der Waals surface area contributed by atoms with Crippen molar-refractivity contribution in [1.29, 1.82) is 0 Å². The van der Waals surface area contributed by atoms with Crippen molar-refractivity contribution in [2.45, 2.75) is 45.6 Å². The largest absolute Gasteiger partial charge is 0.444 e. The minimum Gasteiger partial charge on any atom is -0.444 e. The Morgan fingerprint density at radius 1 is 0.903 bits per heavy atom. The molecule has 0 saturated heterocycles. The number of esters is 1. The number of benzene rings is 3. The van der Waals surface area contributed by atoms with E-state index in [4.69, 9.17) is 9.47 Å². The molecule has 1 amide bonds. The van der Waals surface area contributed by atoms with Gasteiger partial charge < -0.3 is 14.8 Å². The molecule has 31 heavy (non-hydrogen) atoms. The Labute approximate surface area is 183 Å². The molecule has 3 aromatic carbocycles. The van der Waals surface area contributed by atoms with Crippen molar-refractivity contribution < 1.29 is 19.1 Å². The van der Waals surface area contributed by atoms with Crippen LogP contribution >= 0.6 is 0 Å². The van der Waals surface area contributed by atoms with Gasteiger partial charge in [-0.1, -0.05) is 48.5 Å². The summed E-state index contributed by atoms with van der Waals surface area (Å²) < 4.78 is 10.9. The number of fused-ring (bicyclic) bond motifs is 1. The maximum absolute atomic E-state index is 12.7. The van der Waals surface area contributed by atoms with Crippen LogP contribution in [0, 0.1) is 0 Å². The van der Waals surface area contributed by atoms with Gasteiger partial charge in [-0.15, -0.1) is 0 Å². The SMILES string of the molecule is CC(C)(C)OC(=O)NCCCCc1cccc(OC(=O)c2cccc3ccccc23)c1. The molecule has 0 atom stereocenters. The van der Waals surface area contributed by atoms with Crippen LogP contribution in [0.2, 0.25) is 0 Å². The Morgan fingerprint density at radius 2 is 1.65 bits per heavy atom. The number of hydrogen-bond acceptors (Lipinski definition) is 4. The maximum atomic E-state index is 12.7. The number of hydrogen-bond donors (Lipinski definition) is 1. The third-order valence-electron chi connectivity index (χ3n) is 4.68. The highest BCUT2D eigenvalue weighted by Gasteiger charge is 2.15. The van der Waals surface area contributed by atoms with Gasteiger partial charge >= 0.3 is 12.1 Å². The van der Waals surface area contributed by atoms with Gasteiger partial charge in [-0.05, 0) is 74.6 Å². The lowest BCUT2D eigenvalue weighted by Crippen LogP contribution is -2.33. The number of unbranched alkanes of at least 4 members (excludes halogenated alkanes) is 1. The molecule has 0 bridgehead atoms. The van der Waals surface area contributed by atoms with Crippen molar-refractivity contribution in [3.63, 3.8) is 0 Å². The number of ether oxygens (including phenoxy) is 2. The lowest BCUT2D eigenvalue weighted by atomic mass is 10.0. The summed E-state index contributed by atoms with van der Waals surface area (Å²) in [6.07, 6.45) is 2.17. The molecule has 0 aliphatic rings. The Balaban J connectivity index is 1.51. The first-order valence-electron chi connectivity index (χ1n) is 10.6. The van der Waals surface area contributed by atoms with Crippen molar-refractivity contribution in [1.82, 2.24) is 5.32 Å². The van der Waals surface area contributed by atoms with E-state index < -0.39 is 11.7 Å². The molecular weight excluding hydrogens is 390 g/mol. The zero-order valence-electron chi connectivity index (χ0n) is 18.3. The Bertz CT molecular complexity index is 1050. The highest BCUT2D eigenvalue weighted by atomic mass is 16.6. The number of carbonyl (C=O) groups excluding carboxylic acids is 2. The fraction of sp³-hybridized carbons (Fsp3) is 0.308. The number of amides is 1. The summed E-state index contributed by atoms with van der Waals surface area (Å²) in [6, 6.07) is 21.0. The van der Waals surface area contributed by atoms with Gasteiger partial charge in [0.05, 0.1) is 5.56 Å². The second kappa shape index (κ2) is 10.1. The Morgan fingerprint density at radius 3 is 2.45 bits per heavy atom. The van der Waals surface area contributed by atoms with Gasteiger partial charge in [-0.2, -0.15) is 0 Å². The predicted octanol–water partition coefficient (Wildman–Crippen LogP) is 5.91. The van der Waals surface area contributed by atoms with Crippen LogP contribution in [0.15, 0.2) is 66.7 Å². The minimum absolute atomic E-state index is 0.365. The highest BCUT2D eigenvalue weighted by molar-refractivity contribution is 6.05. The smallest absolute Gasteiger partial charge is 0.407 e. The Kier molecular flexibility index (Phi) is 7.29. The van der Waals surface area contributed by atoms with Crippen LogP contribution in [0.1, 0.15) is 49.5 Å². The van der Waals surface area contributed by atoms with Gasteiger partial charge in [0.2, 0.25) is 0 Å². The van der Waals surface area contributed by atoms with Crippen molar-refractivity contribution >= 4 is 22.8 Å². The fourth-order valence-corrected chi connectivity index (χ4v) is 3.29. The van der Waals surface area contributed by atoms with E-state index in [-0.39, 0.29) is 5.97 Å². The number of alkyl carbamates (subject to hydrolysis) is 1. The molecule has 0 fully saturated rings. The van der Waals surface area contributed by atoms with E-state index in [2.05, 4.69) is 5.32 Å². The average molecular weight is 420 g/mol. The molecule has 0 aromatic heterocycles. The standard InChI is InChI=1S/C26H29NO4/c1-26(2,3)31-25(29)27-17-7-6-10-19-11-8-14-21(18-19)30-24(28)23-16-9-13-20-12-4-5-15-22(20)23/h4-5,8-9,11-16,18H,6-7,10,17H2,1-3H3,(H,27,29). The summed E-state index contributed by atoms with van der Waals surface area (Å²) >= 11 is 0. The summed E-state index contributed by atoms with van der Waals surface area (Å²) in [4.78, 5) is 24.4. The summed E-state index contributed by atoms with van der Waals surface area (Å²) in [5, 5.41) is 4.65. The van der Waals surface area contributed by atoms with Crippen molar-refractivity contribution in [3.8, 4) is 5.75 Å². The van der Waals surface area contributed by atoms with E-state index in [9.17, 15) is 9.59 Å². The molecule has 3 rings (SSSR count). The van der Waals surface area contributed by atoms with Gasteiger partial charge in [0.25, 0.3) is 0 Å². The van der Waals surface area contributed by atoms with Crippen LogP contribution in [-0.4, -0.2) is 24.2 Å². The first-order valence-corrected chi connectivity index (χ1v) is 10.6. The fourth-order valence-electron chi connectivity index (χ4n) is 3.29. The van der Waals surface area contributed by atoms with Crippen LogP contribution in [0.5, 0.6) is 5.75 Å². The van der Waals surface area contributed by atoms with Crippen molar-refractivity contribution in [3.05, 3.63) is 77.9 Å². The molecule has 0 radical (unpaired) electrons. The van der Waals surface area contributed by atoms with Crippen LogP contribution in [-0.2, 0) is 11.2 Å². The normalized spacial score (nSPS) is 11.2. The quantitative estimate of drug-likeness (QED) is 0.294. The topological polar surface area (TPSA) is 64.6 Å². The van der Waals surface area contributed by atoms with Gasteiger partial charge in [-0.25, -0.2) is 9.59 Å². The molecule has 0 aliphatic carbocycles. The molecular formula is C26H29NO4. The summed E-state index contributed by atoms with van der Waals surface area (Å²) in [5.41, 5.74) is 1.14. The molecule has 3 aromatic rings. The third kappa shape index (κ3) is 6.85. The number of aryl methyl sites for hydroxylation is 1. The third-order valence-corrected chi connectivity index (χ3v) is 4.68. The van der Waals surface area contributed by atoms with Crippen LogP contribution < -0.4 is 10.1 Å². The second-order valence-corrected chi connectivity index (χ2v) is 8.45. The monoisotopic (exact) mass is 419 g/mol. The zero-order chi connectivity index (χ0) is 22.3. The summed E-state index contributed by atoms with van der Waals surface area (Å²) in [7, 11) is 0. The van der Waals surface area contributed by atoms with Crippen LogP contribution in [0.3, 0.4) is 0 Å². The first-order chi connectivity index (χ1) is 14.8.